The summed E-state index contributed by atoms with van der Waals surface area (Å²) in [6.07, 6.45) is 0.724. The Hall–Kier alpha value is -1.56. The fourth-order valence-corrected chi connectivity index (χ4v) is 2.07. The van der Waals surface area contributed by atoms with Gasteiger partial charge in [0.1, 0.15) is 5.69 Å². The largest absolute Gasteiger partial charge is 0.395 e. The highest BCUT2D eigenvalue weighted by Crippen LogP contribution is 2.16. The zero-order chi connectivity index (χ0) is 14.6. The van der Waals surface area contributed by atoms with Gasteiger partial charge in [-0.1, -0.05) is 13.8 Å². The minimum absolute atomic E-state index is 0.0803. The molecule has 1 unspecified atom stereocenters. The van der Waals surface area contributed by atoms with Gasteiger partial charge >= 0.3 is 0 Å². The second kappa shape index (κ2) is 6.56. The van der Waals surface area contributed by atoms with Crippen LogP contribution in [0.3, 0.4) is 0 Å². The predicted octanol–water partition coefficient (Wildman–Crippen LogP) is 0.930. The summed E-state index contributed by atoms with van der Waals surface area (Å²) in [4.78, 5) is 12.2. The van der Waals surface area contributed by atoms with Crippen molar-refractivity contribution >= 4 is 11.6 Å². The van der Waals surface area contributed by atoms with Gasteiger partial charge in [-0.25, -0.2) is 0 Å². The van der Waals surface area contributed by atoms with Gasteiger partial charge in [0.05, 0.1) is 24.0 Å². The first-order valence-corrected chi connectivity index (χ1v) is 6.65. The van der Waals surface area contributed by atoms with Crippen LogP contribution in [0.1, 0.15) is 43.4 Å². The third-order valence-corrected chi connectivity index (χ3v) is 3.00. The molecule has 19 heavy (non-hydrogen) atoms. The number of aliphatic hydroxyl groups excluding tert-OH is 1. The van der Waals surface area contributed by atoms with E-state index >= 15 is 0 Å². The minimum atomic E-state index is -0.278. The third-order valence-electron chi connectivity index (χ3n) is 3.00. The van der Waals surface area contributed by atoms with Crippen LogP contribution >= 0.6 is 0 Å². The Labute approximate surface area is 114 Å². The molecule has 1 amide bonds. The molecule has 1 aromatic rings. The van der Waals surface area contributed by atoms with Crippen LogP contribution in [0.2, 0.25) is 0 Å². The second-order valence-electron chi connectivity index (χ2n) is 5.15. The van der Waals surface area contributed by atoms with Gasteiger partial charge in [0, 0.05) is 6.54 Å². The zero-order valence-electron chi connectivity index (χ0n) is 12.1. The van der Waals surface area contributed by atoms with Crippen LogP contribution in [-0.2, 0) is 6.54 Å². The lowest BCUT2D eigenvalue weighted by atomic mass is 10.0. The van der Waals surface area contributed by atoms with E-state index < -0.39 is 0 Å². The van der Waals surface area contributed by atoms with Crippen molar-refractivity contribution in [1.82, 2.24) is 15.1 Å². The Kier molecular flexibility index (Phi) is 5.35. The molecule has 0 bridgehead atoms. The minimum Gasteiger partial charge on any atom is -0.395 e. The second-order valence-corrected chi connectivity index (χ2v) is 5.15. The molecule has 0 fully saturated rings. The molecule has 0 aromatic carbocycles. The number of aliphatic hydroxyl groups is 1. The molecule has 1 aromatic heterocycles. The molecule has 1 atom stereocenters. The fraction of sp³-hybridized carbons (Fsp3) is 0.692. The van der Waals surface area contributed by atoms with Crippen molar-refractivity contribution in [3.8, 4) is 0 Å². The van der Waals surface area contributed by atoms with E-state index in [2.05, 4.69) is 10.4 Å². The number of nitrogens with two attached hydrogens (primary N) is 1. The van der Waals surface area contributed by atoms with E-state index in [0.29, 0.717) is 29.5 Å². The topological polar surface area (TPSA) is 93.2 Å². The van der Waals surface area contributed by atoms with Gasteiger partial charge in [0.15, 0.2) is 0 Å². The number of anilines is 1. The SMILES string of the molecule is CCn1nc(C)c(N)c1C(=O)NC(CO)CC(C)C. The highest BCUT2D eigenvalue weighted by Gasteiger charge is 2.21. The van der Waals surface area contributed by atoms with E-state index in [4.69, 9.17) is 5.73 Å². The average molecular weight is 268 g/mol. The summed E-state index contributed by atoms with van der Waals surface area (Å²) in [5.74, 6) is 0.118. The van der Waals surface area contributed by atoms with Crippen LogP contribution in [0.25, 0.3) is 0 Å². The van der Waals surface area contributed by atoms with Crippen molar-refractivity contribution < 1.29 is 9.90 Å². The Bertz CT molecular complexity index is 440. The van der Waals surface area contributed by atoms with Gasteiger partial charge in [-0.3, -0.25) is 9.48 Å². The van der Waals surface area contributed by atoms with Crippen LogP contribution in [0.15, 0.2) is 0 Å². The Balaban J connectivity index is 2.88. The lowest BCUT2D eigenvalue weighted by Gasteiger charge is -2.18. The van der Waals surface area contributed by atoms with Gasteiger partial charge in [0.25, 0.3) is 5.91 Å². The van der Waals surface area contributed by atoms with Crippen LogP contribution in [-0.4, -0.2) is 33.4 Å². The Morgan fingerprint density at radius 3 is 2.63 bits per heavy atom. The number of hydrogen-bond donors (Lipinski definition) is 3. The number of rotatable bonds is 6. The first-order valence-electron chi connectivity index (χ1n) is 6.65. The molecule has 0 spiro atoms. The highest BCUT2D eigenvalue weighted by molar-refractivity contribution is 5.98. The molecule has 6 nitrogen and oxygen atoms in total. The number of hydrogen-bond acceptors (Lipinski definition) is 4. The average Bonchev–Trinajstić information content (AvgIpc) is 2.63. The van der Waals surface area contributed by atoms with Crippen molar-refractivity contribution in [2.45, 2.75) is 46.7 Å². The van der Waals surface area contributed by atoms with Crippen molar-refractivity contribution in [2.75, 3.05) is 12.3 Å². The van der Waals surface area contributed by atoms with Crippen molar-refractivity contribution in [3.63, 3.8) is 0 Å². The molecule has 108 valence electrons. The summed E-state index contributed by atoms with van der Waals surface area (Å²) >= 11 is 0. The van der Waals surface area contributed by atoms with E-state index in [1.807, 2.05) is 20.8 Å². The normalized spacial score (nSPS) is 12.7. The summed E-state index contributed by atoms with van der Waals surface area (Å²) in [6, 6.07) is -0.257. The van der Waals surface area contributed by atoms with Crippen molar-refractivity contribution in [2.24, 2.45) is 5.92 Å². The van der Waals surface area contributed by atoms with Crippen molar-refractivity contribution in [3.05, 3.63) is 11.4 Å². The Morgan fingerprint density at radius 2 is 2.16 bits per heavy atom. The maximum atomic E-state index is 12.2. The molecule has 1 rings (SSSR count). The summed E-state index contributed by atoms with van der Waals surface area (Å²) in [5.41, 5.74) is 7.32. The smallest absolute Gasteiger partial charge is 0.272 e. The van der Waals surface area contributed by atoms with E-state index in [1.165, 1.54) is 0 Å². The van der Waals surface area contributed by atoms with Gasteiger partial charge in [-0.2, -0.15) is 5.10 Å². The lowest BCUT2D eigenvalue weighted by Crippen LogP contribution is -2.39. The molecular formula is C13H24N4O2. The number of aromatic nitrogens is 2. The van der Waals surface area contributed by atoms with E-state index in [0.717, 1.165) is 6.42 Å². The first-order chi connectivity index (χ1) is 8.90. The molecule has 0 aliphatic rings. The first kappa shape index (κ1) is 15.5. The monoisotopic (exact) mass is 268 g/mol. The number of carbonyl (C=O) groups is 1. The summed E-state index contributed by atoms with van der Waals surface area (Å²) in [5, 5.41) is 16.3. The number of aryl methyl sites for hydroxylation is 2. The van der Waals surface area contributed by atoms with E-state index in [9.17, 15) is 9.90 Å². The lowest BCUT2D eigenvalue weighted by molar-refractivity contribution is 0.0898. The predicted molar refractivity (Wildman–Crippen MR) is 74.8 cm³/mol. The number of nitrogens with zero attached hydrogens (tertiary/aromatic N) is 2. The molecule has 0 aliphatic carbocycles. The van der Waals surface area contributed by atoms with Crippen LogP contribution in [0.4, 0.5) is 5.69 Å². The summed E-state index contributed by atoms with van der Waals surface area (Å²) < 4.78 is 1.59. The zero-order valence-corrected chi connectivity index (χ0v) is 12.1. The molecular weight excluding hydrogens is 244 g/mol. The Morgan fingerprint density at radius 1 is 1.53 bits per heavy atom. The highest BCUT2D eigenvalue weighted by atomic mass is 16.3. The van der Waals surface area contributed by atoms with E-state index in [-0.39, 0.29) is 18.6 Å². The standard InChI is InChI=1S/C13H24N4O2/c1-5-17-12(11(14)9(4)16-17)13(19)15-10(7-18)6-8(2)3/h8,10,18H,5-7,14H2,1-4H3,(H,15,19). The molecule has 1 heterocycles. The van der Waals surface area contributed by atoms with Crippen molar-refractivity contribution in [1.29, 1.82) is 0 Å². The fourth-order valence-electron chi connectivity index (χ4n) is 2.07. The maximum absolute atomic E-state index is 12.2. The van der Waals surface area contributed by atoms with Gasteiger partial charge < -0.3 is 16.2 Å². The van der Waals surface area contributed by atoms with Gasteiger partial charge in [-0.05, 0) is 26.2 Å². The van der Waals surface area contributed by atoms with Crippen LogP contribution in [0.5, 0.6) is 0 Å². The molecule has 0 saturated heterocycles. The number of carbonyl (C=O) groups excluding carboxylic acids is 1. The van der Waals surface area contributed by atoms with Crippen LogP contribution < -0.4 is 11.1 Å². The molecule has 0 aliphatic heterocycles. The van der Waals surface area contributed by atoms with Gasteiger partial charge in [0.2, 0.25) is 0 Å². The molecule has 0 radical (unpaired) electrons. The quantitative estimate of drug-likeness (QED) is 0.715. The van der Waals surface area contributed by atoms with Gasteiger partial charge in [-0.15, -0.1) is 0 Å². The maximum Gasteiger partial charge on any atom is 0.272 e. The third kappa shape index (κ3) is 3.70. The number of amides is 1. The summed E-state index contributed by atoms with van der Waals surface area (Å²) in [7, 11) is 0. The number of nitrogen functional groups attached to an aromatic ring is 1. The van der Waals surface area contributed by atoms with E-state index in [1.54, 1.807) is 11.6 Å². The molecule has 6 heteroatoms. The molecule has 4 N–H and O–H groups in total. The molecule has 0 saturated carbocycles. The van der Waals surface area contributed by atoms with Crippen LogP contribution in [0, 0.1) is 12.8 Å². The summed E-state index contributed by atoms with van der Waals surface area (Å²) in [6.45, 7) is 8.27. The number of nitrogens with one attached hydrogen (secondary N) is 1.